The molecule has 0 aromatic carbocycles. The largest absolute Gasteiger partial charge is 0.383 e. The average Bonchev–Trinajstić information content (AvgIpc) is 2.49. The molecule has 0 aliphatic rings. The summed E-state index contributed by atoms with van der Waals surface area (Å²) in [5, 5.41) is 6.05. The molecule has 0 fully saturated rings. The Balaban J connectivity index is 1.92. The molecule has 2 heterocycles. The van der Waals surface area contributed by atoms with E-state index < -0.39 is 0 Å². The second kappa shape index (κ2) is 7.23. The number of nitrogens with zero attached hydrogens (tertiary/aromatic N) is 2. The number of amides is 1. The molecule has 2 N–H and O–H groups in total. The second-order valence-electron chi connectivity index (χ2n) is 4.31. The van der Waals surface area contributed by atoms with E-state index in [-0.39, 0.29) is 5.91 Å². The van der Waals surface area contributed by atoms with Crippen LogP contribution in [0.3, 0.4) is 0 Å². The third kappa shape index (κ3) is 3.78. The molecule has 2 aromatic rings. The van der Waals surface area contributed by atoms with Crippen molar-refractivity contribution in [1.29, 1.82) is 0 Å². The lowest BCUT2D eigenvalue weighted by atomic mass is 10.2. The van der Waals surface area contributed by atoms with Gasteiger partial charge in [0.2, 0.25) is 0 Å². The summed E-state index contributed by atoms with van der Waals surface area (Å²) < 4.78 is 0. The number of anilines is 1. The predicted octanol–water partition coefficient (Wildman–Crippen LogP) is 1.88. The van der Waals surface area contributed by atoms with Crippen LogP contribution in [0.4, 0.5) is 5.69 Å². The summed E-state index contributed by atoms with van der Waals surface area (Å²) in [5.74, 6) is -0.0857. The van der Waals surface area contributed by atoms with Gasteiger partial charge in [-0.1, -0.05) is 0 Å². The quantitative estimate of drug-likeness (QED) is 0.841. The fourth-order valence-electron chi connectivity index (χ4n) is 1.89. The summed E-state index contributed by atoms with van der Waals surface area (Å²) in [5.41, 5.74) is 2.54. The predicted molar refractivity (Wildman–Crippen MR) is 78.7 cm³/mol. The van der Waals surface area contributed by atoms with Crippen molar-refractivity contribution in [2.45, 2.75) is 13.3 Å². The molecular formula is C15H18N4O. The Hall–Kier alpha value is -2.43. The van der Waals surface area contributed by atoms with E-state index in [9.17, 15) is 4.79 Å². The Morgan fingerprint density at radius 1 is 1.15 bits per heavy atom. The summed E-state index contributed by atoms with van der Waals surface area (Å²) in [6, 6.07) is 5.62. The first kappa shape index (κ1) is 14.0. The van der Waals surface area contributed by atoms with Gasteiger partial charge in [-0.05, 0) is 37.1 Å². The molecule has 0 bridgehead atoms. The standard InChI is InChI=1S/C15H18N4O/c1-2-18-14-11-17-9-6-13(14)15(20)19-10-5-12-3-7-16-8-4-12/h3-4,6-9,11,18H,2,5,10H2,1H3,(H,19,20). The minimum atomic E-state index is -0.0857. The fraction of sp³-hybridized carbons (Fsp3) is 0.267. The molecule has 0 radical (unpaired) electrons. The minimum absolute atomic E-state index is 0.0857. The Labute approximate surface area is 118 Å². The minimum Gasteiger partial charge on any atom is -0.383 e. The van der Waals surface area contributed by atoms with Crippen LogP contribution in [0.1, 0.15) is 22.8 Å². The van der Waals surface area contributed by atoms with Gasteiger partial charge in [-0.3, -0.25) is 14.8 Å². The molecule has 0 aliphatic heterocycles. The van der Waals surface area contributed by atoms with Crippen LogP contribution in [0.2, 0.25) is 0 Å². The Bertz CT molecular complexity index is 557. The first-order chi connectivity index (χ1) is 9.81. The third-order valence-electron chi connectivity index (χ3n) is 2.88. The summed E-state index contributed by atoms with van der Waals surface area (Å²) in [4.78, 5) is 20.1. The summed E-state index contributed by atoms with van der Waals surface area (Å²) in [7, 11) is 0. The number of hydrogen-bond donors (Lipinski definition) is 2. The SMILES string of the molecule is CCNc1cnccc1C(=O)NCCc1ccncc1. The van der Waals surface area contributed by atoms with Gasteiger partial charge >= 0.3 is 0 Å². The van der Waals surface area contributed by atoms with Crippen LogP contribution in [0.5, 0.6) is 0 Å². The normalized spacial score (nSPS) is 10.1. The number of rotatable bonds is 6. The molecule has 5 nitrogen and oxygen atoms in total. The molecule has 0 aliphatic carbocycles. The molecule has 0 saturated carbocycles. The monoisotopic (exact) mass is 270 g/mol. The van der Waals surface area contributed by atoms with E-state index in [1.165, 1.54) is 0 Å². The van der Waals surface area contributed by atoms with Gasteiger partial charge in [0, 0.05) is 31.7 Å². The van der Waals surface area contributed by atoms with Gasteiger partial charge in [-0.15, -0.1) is 0 Å². The zero-order valence-electron chi connectivity index (χ0n) is 11.5. The van der Waals surface area contributed by atoms with Crippen molar-refractivity contribution in [3.05, 3.63) is 54.1 Å². The van der Waals surface area contributed by atoms with E-state index in [0.717, 1.165) is 24.2 Å². The van der Waals surface area contributed by atoms with Crippen molar-refractivity contribution in [2.24, 2.45) is 0 Å². The average molecular weight is 270 g/mol. The van der Waals surface area contributed by atoms with Crippen molar-refractivity contribution in [2.75, 3.05) is 18.4 Å². The molecule has 1 amide bonds. The van der Waals surface area contributed by atoms with Crippen molar-refractivity contribution >= 4 is 11.6 Å². The number of aromatic nitrogens is 2. The molecular weight excluding hydrogens is 252 g/mol. The highest BCUT2D eigenvalue weighted by Gasteiger charge is 2.10. The van der Waals surface area contributed by atoms with Crippen molar-refractivity contribution in [1.82, 2.24) is 15.3 Å². The van der Waals surface area contributed by atoms with E-state index in [1.807, 2.05) is 19.1 Å². The van der Waals surface area contributed by atoms with Crippen LogP contribution < -0.4 is 10.6 Å². The van der Waals surface area contributed by atoms with E-state index in [0.29, 0.717) is 12.1 Å². The van der Waals surface area contributed by atoms with E-state index >= 15 is 0 Å². The number of pyridine rings is 2. The topological polar surface area (TPSA) is 66.9 Å². The maximum atomic E-state index is 12.1. The lowest BCUT2D eigenvalue weighted by Crippen LogP contribution is -2.26. The molecule has 0 atom stereocenters. The molecule has 0 unspecified atom stereocenters. The maximum absolute atomic E-state index is 12.1. The van der Waals surface area contributed by atoms with E-state index in [4.69, 9.17) is 0 Å². The van der Waals surface area contributed by atoms with Crippen molar-refractivity contribution < 1.29 is 4.79 Å². The number of carbonyl (C=O) groups is 1. The fourth-order valence-corrected chi connectivity index (χ4v) is 1.89. The number of nitrogens with one attached hydrogen (secondary N) is 2. The molecule has 2 aromatic heterocycles. The Kier molecular flexibility index (Phi) is 5.06. The third-order valence-corrected chi connectivity index (χ3v) is 2.88. The van der Waals surface area contributed by atoms with Gasteiger partial charge in [-0.2, -0.15) is 0 Å². The summed E-state index contributed by atoms with van der Waals surface area (Å²) in [6.07, 6.45) is 7.59. The van der Waals surface area contributed by atoms with Crippen LogP contribution in [0, 0.1) is 0 Å². The maximum Gasteiger partial charge on any atom is 0.253 e. The second-order valence-corrected chi connectivity index (χ2v) is 4.31. The summed E-state index contributed by atoms with van der Waals surface area (Å²) >= 11 is 0. The van der Waals surface area contributed by atoms with E-state index in [1.54, 1.807) is 30.9 Å². The van der Waals surface area contributed by atoms with Crippen LogP contribution in [0.25, 0.3) is 0 Å². The first-order valence-electron chi connectivity index (χ1n) is 6.66. The highest BCUT2D eigenvalue weighted by atomic mass is 16.1. The van der Waals surface area contributed by atoms with Crippen molar-refractivity contribution in [3.63, 3.8) is 0 Å². The molecule has 20 heavy (non-hydrogen) atoms. The zero-order valence-corrected chi connectivity index (χ0v) is 11.5. The van der Waals surface area contributed by atoms with Crippen molar-refractivity contribution in [3.8, 4) is 0 Å². The molecule has 5 heteroatoms. The lowest BCUT2D eigenvalue weighted by Gasteiger charge is -2.10. The first-order valence-corrected chi connectivity index (χ1v) is 6.66. The molecule has 0 saturated heterocycles. The van der Waals surface area contributed by atoms with Gasteiger partial charge in [0.05, 0.1) is 17.4 Å². The zero-order chi connectivity index (χ0) is 14.2. The number of hydrogen-bond acceptors (Lipinski definition) is 4. The lowest BCUT2D eigenvalue weighted by molar-refractivity contribution is 0.0955. The highest BCUT2D eigenvalue weighted by Crippen LogP contribution is 2.12. The number of carbonyl (C=O) groups excluding carboxylic acids is 1. The van der Waals surface area contributed by atoms with Crippen LogP contribution in [0.15, 0.2) is 43.0 Å². The Morgan fingerprint density at radius 3 is 2.65 bits per heavy atom. The van der Waals surface area contributed by atoms with E-state index in [2.05, 4.69) is 20.6 Å². The highest BCUT2D eigenvalue weighted by molar-refractivity contribution is 5.99. The van der Waals surface area contributed by atoms with Gasteiger partial charge in [0.1, 0.15) is 0 Å². The van der Waals surface area contributed by atoms with Gasteiger partial charge in [0.15, 0.2) is 0 Å². The van der Waals surface area contributed by atoms with Crippen LogP contribution in [-0.4, -0.2) is 29.0 Å². The van der Waals surface area contributed by atoms with Gasteiger partial charge in [-0.25, -0.2) is 0 Å². The van der Waals surface area contributed by atoms with Gasteiger partial charge in [0.25, 0.3) is 5.91 Å². The Morgan fingerprint density at radius 2 is 1.90 bits per heavy atom. The van der Waals surface area contributed by atoms with Crippen LogP contribution in [-0.2, 0) is 6.42 Å². The summed E-state index contributed by atoms with van der Waals surface area (Å²) in [6.45, 7) is 3.33. The van der Waals surface area contributed by atoms with Gasteiger partial charge < -0.3 is 10.6 Å². The molecule has 0 spiro atoms. The smallest absolute Gasteiger partial charge is 0.253 e. The molecule has 2 rings (SSSR count). The molecule has 104 valence electrons. The van der Waals surface area contributed by atoms with Crippen LogP contribution >= 0.6 is 0 Å².